The van der Waals surface area contributed by atoms with Crippen LogP contribution in [0.3, 0.4) is 0 Å². The van der Waals surface area contributed by atoms with Gasteiger partial charge in [-0.05, 0) is 38.2 Å². The maximum absolute atomic E-state index is 12.6. The molecule has 0 amide bonds. The lowest BCUT2D eigenvalue weighted by Crippen LogP contribution is -2.26. The molecule has 0 saturated heterocycles. The number of nitrogens with zero attached hydrogens (tertiary/aromatic N) is 4. The van der Waals surface area contributed by atoms with Crippen molar-refractivity contribution in [2.24, 2.45) is 0 Å². The van der Waals surface area contributed by atoms with E-state index < -0.39 is 5.56 Å². The zero-order valence-electron chi connectivity index (χ0n) is 15.0. The van der Waals surface area contributed by atoms with Crippen molar-refractivity contribution in [3.05, 3.63) is 45.8 Å². The highest BCUT2D eigenvalue weighted by Gasteiger charge is 2.13. The van der Waals surface area contributed by atoms with Crippen molar-refractivity contribution in [3.63, 3.8) is 0 Å². The Kier molecular flexibility index (Phi) is 5.90. The van der Waals surface area contributed by atoms with Crippen molar-refractivity contribution < 1.29 is 0 Å². The van der Waals surface area contributed by atoms with Gasteiger partial charge in [-0.25, -0.2) is 4.98 Å². The van der Waals surface area contributed by atoms with Crippen molar-refractivity contribution in [1.29, 1.82) is 0 Å². The number of halogens is 1. The number of H-pyrrole nitrogens is 1. The molecule has 7 nitrogen and oxygen atoms in total. The molecule has 0 aliphatic carbocycles. The Labute approximate surface area is 157 Å². The first kappa shape index (κ1) is 18.4. The minimum atomic E-state index is -0.403. The number of aromatic amines is 1. The molecule has 26 heavy (non-hydrogen) atoms. The predicted octanol–water partition coefficient (Wildman–Crippen LogP) is 2.91. The molecule has 0 atom stereocenters. The second-order valence-corrected chi connectivity index (χ2v) is 6.35. The van der Waals surface area contributed by atoms with Crippen LogP contribution in [0.25, 0.3) is 17.0 Å². The molecule has 3 aromatic rings. The molecule has 0 saturated carbocycles. The van der Waals surface area contributed by atoms with Crippen LogP contribution < -0.4 is 10.9 Å². The Morgan fingerprint density at radius 1 is 1.27 bits per heavy atom. The van der Waals surface area contributed by atoms with E-state index in [2.05, 4.69) is 39.1 Å². The van der Waals surface area contributed by atoms with Crippen LogP contribution >= 0.6 is 11.6 Å². The van der Waals surface area contributed by atoms with E-state index in [4.69, 9.17) is 11.6 Å². The number of aromatic nitrogens is 4. The van der Waals surface area contributed by atoms with Gasteiger partial charge in [-0.3, -0.25) is 4.79 Å². The Morgan fingerprint density at radius 3 is 2.77 bits per heavy atom. The van der Waals surface area contributed by atoms with E-state index in [-0.39, 0.29) is 5.02 Å². The zero-order valence-corrected chi connectivity index (χ0v) is 15.8. The van der Waals surface area contributed by atoms with Crippen LogP contribution in [0, 0.1) is 0 Å². The van der Waals surface area contributed by atoms with Gasteiger partial charge < -0.3 is 15.2 Å². The van der Waals surface area contributed by atoms with Crippen molar-refractivity contribution in [2.75, 3.05) is 31.5 Å². The third kappa shape index (κ3) is 3.89. The van der Waals surface area contributed by atoms with Crippen LogP contribution in [0.5, 0.6) is 0 Å². The summed E-state index contributed by atoms with van der Waals surface area (Å²) in [4.78, 5) is 22.4. The fraction of sp³-hybridized carbons (Fsp3) is 0.389. The van der Waals surface area contributed by atoms with Crippen LogP contribution in [0.15, 0.2) is 35.3 Å². The van der Waals surface area contributed by atoms with Gasteiger partial charge in [0.2, 0.25) is 5.95 Å². The first-order chi connectivity index (χ1) is 12.6. The molecule has 0 bridgehead atoms. The van der Waals surface area contributed by atoms with E-state index in [1.54, 1.807) is 6.20 Å². The number of fused-ring (bicyclic) bond motifs is 1. The summed E-state index contributed by atoms with van der Waals surface area (Å²) in [5.41, 5.74) is 1.75. The van der Waals surface area contributed by atoms with Gasteiger partial charge in [-0.15, -0.1) is 0 Å². The molecule has 0 aliphatic rings. The third-order valence-electron chi connectivity index (χ3n) is 4.36. The van der Waals surface area contributed by atoms with Gasteiger partial charge in [-0.1, -0.05) is 37.6 Å². The van der Waals surface area contributed by atoms with Crippen LogP contribution in [0.4, 0.5) is 5.69 Å². The van der Waals surface area contributed by atoms with Gasteiger partial charge in [0.25, 0.3) is 5.56 Å². The quantitative estimate of drug-likeness (QED) is 0.593. The zero-order chi connectivity index (χ0) is 18.5. The van der Waals surface area contributed by atoms with E-state index >= 15 is 0 Å². The van der Waals surface area contributed by atoms with Gasteiger partial charge in [0.05, 0.1) is 22.9 Å². The van der Waals surface area contributed by atoms with Gasteiger partial charge in [0.1, 0.15) is 5.02 Å². The van der Waals surface area contributed by atoms with Crippen LogP contribution in [0.2, 0.25) is 5.02 Å². The molecular formula is C18H23ClN6O. The molecule has 1 aromatic carbocycles. The summed E-state index contributed by atoms with van der Waals surface area (Å²) < 4.78 is 1.18. The lowest BCUT2D eigenvalue weighted by atomic mass is 10.3. The summed E-state index contributed by atoms with van der Waals surface area (Å²) in [7, 11) is 0. The maximum atomic E-state index is 12.6. The third-order valence-corrected chi connectivity index (χ3v) is 4.72. The highest BCUT2D eigenvalue weighted by Crippen LogP contribution is 2.17. The van der Waals surface area contributed by atoms with Crippen LogP contribution in [0.1, 0.15) is 20.3 Å². The minimum absolute atomic E-state index is 0.114. The van der Waals surface area contributed by atoms with E-state index in [1.165, 1.54) is 4.68 Å². The molecule has 2 N–H and O–H groups in total. The highest BCUT2D eigenvalue weighted by molar-refractivity contribution is 6.32. The Balaban J connectivity index is 1.73. The number of imidazole rings is 1. The van der Waals surface area contributed by atoms with E-state index in [1.807, 2.05) is 24.3 Å². The second-order valence-electron chi connectivity index (χ2n) is 5.97. The summed E-state index contributed by atoms with van der Waals surface area (Å²) >= 11 is 6.26. The fourth-order valence-electron chi connectivity index (χ4n) is 2.81. The maximum Gasteiger partial charge on any atom is 0.295 e. The SMILES string of the molecule is CCN(CC)CCCNc1cnn(-c2nc3ccccc3[nH]2)c(=O)c1Cl. The molecule has 2 heterocycles. The van der Waals surface area contributed by atoms with Crippen molar-refractivity contribution in [2.45, 2.75) is 20.3 Å². The Bertz CT molecular complexity index is 898. The van der Waals surface area contributed by atoms with E-state index in [9.17, 15) is 4.79 Å². The topological polar surface area (TPSA) is 78.8 Å². The normalized spacial score (nSPS) is 11.4. The number of hydrogen-bond acceptors (Lipinski definition) is 5. The smallest absolute Gasteiger partial charge is 0.295 e. The lowest BCUT2D eigenvalue weighted by molar-refractivity contribution is 0.303. The van der Waals surface area contributed by atoms with Gasteiger partial charge >= 0.3 is 0 Å². The van der Waals surface area contributed by atoms with E-state index in [0.717, 1.165) is 43.6 Å². The lowest BCUT2D eigenvalue weighted by Gasteiger charge is -2.18. The highest BCUT2D eigenvalue weighted by atomic mass is 35.5. The van der Waals surface area contributed by atoms with Crippen molar-refractivity contribution in [3.8, 4) is 5.95 Å². The number of rotatable bonds is 8. The Morgan fingerprint density at radius 2 is 2.04 bits per heavy atom. The monoisotopic (exact) mass is 374 g/mol. The van der Waals surface area contributed by atoms with Gasteiger partial charge in [0.15, 0.2) is 0 Å². The molecule has 0 fully saturated rings. The summed E-state index contributed by atoms with van der Waals surface area (Å²) in [6.45, 7) is 8.09. The summed E-state index contributed by atoms with van der Waals surface area (Å²) in [5, 5.41) is 7.52. The summed E-state index contributed by atoms with van der Waals surface area (Å²) in [5.74, 6) is 0.353. The number of nitrogens with one attached hydrogen (secondary N) is 2. The predicted molar refractivity (Wildman–Crippen MR) is 105 cm³/mol. The summed E-state index contributed by atoms with van der Waals surface area (Å²) in [6.07, 6.45) is 2.53. The average molecular weight is 375 g/mol. The van der Waals surface area contributed by atoms with Crippen molar-refractivity contribution >= 4 is 28.3 Å². The first-order valence-electron chi connectivity index (χ1n) is 8.83. The fourth-order valence-corrected chi connectivity index (χ4v) is 3.01. The Hall–Kier alpha value is -2.38. The average Bonchev–Trinajstić information content (AvgIpc) is 3.09. The number of hydrogen-bond donors (Lipinski definition) is 2. The van der Waals surface area contributed by atoms with Crippen LogP contribution in [-0.4, -0.2) is 50.8 Å². The standard InChI is InChI=1S/C18H23ClN6O/c1-3-24(4-2)11-7-10-20-15-12-21-25(17(26)16(15)19)18-22-13-8-5-6-9-14(13)23-18/h5-6,8-9,12,20H,3-4,7,10-11H2,1-2H3,(H,22,23). The minimum Gasteiger partial charge on any atom is -0.382 e. The van der Waals surface area contributed by atoms with E-state index in [0.29, 0.717) is 11.6 Å². The molecule has 3 rings (SSSR count). The van der Waals surface area contributed by atoms with Gasteiger partial charge in [0, 0.05) is 6.54 Å². The number of anilines is 1. The molecule has 2 aromatic heterocycles. The number of benzene rings is 1. The number of para-hydroxylation sites is 2. The first-order valence-corrected chi connectivity index (χ1v) is 9.21. The molecule has 0 radical (unpaired) electrons. The molecule has 0 aliphatic heterocycles. The van der Waals surface area contributed by atoms with Gasteiger partial charge in [-0.2, -0.15) is 9.78 Å². The largest absolute Gasteiger partial charge is 0.382 e. The second kappa shape index (κ2) is 8.33. The molecule has 138 valence electrons. The molecular weight excluding hydrogens is 352 g/mol. The molecule has 0 spiro atoms. The van der Waals surface area contributed by atoms with Crippen LogP contribution in [-0.2, 0) is 0 Å². The molecule has 0 unspecified atom stereocenters. The molecule has 8 heteroatoms. The van der Waals surface area contributed by atoms with Crippen molar-refractivity contribution in [1.82, 2.24) is 24.6 Å². The summed E-state index contributed by atoms with van der Waals surface area (Å²) in [6, 6.07) is 7.55.